The minimum atomic E-state index is -1.16. The summed E-state index contributed by atoms with van der Waals surface area (Å²) in [4.78, 5) is 37.9. The number of aryl methyl sites for hydroxylation is 1. The van der Waals surface area contributed by atoms with Crippen LogP contribution in [0.3, 0.4) is 0 Å². The van der Waals surface area contributed by atoms with Gasteiger partial charge in [0.25, 0.3) is 5.91 Å². The van der Waals surface area contributed by atoms with Gasteiger partial charge in [-0.05, 0) is 45.2 Å². The van der Waals surface area contributed by atoms with Crippen molar-refractivity contribution in [2.24, 2.45) is 5.41 Å². The summed E-state index contributed by atoms with van der Waals surface area (Å²) in [6.07, 6.45) is 1.83. The lowest BCUT2D eigenvalue weighted by Gasteiger charge is -2.21. The number of likely N-dealkylation sites (tertiary alicyclic amines) is 1. The van der Waals surface area contributed by atoms with Gasteiger partial charge in [0.05, 0.1) is 16.7 Å². The van der Waals surface area contributed by atoms with E-state index in [2.05, 4.69) is 5.32 Å². The van der Waals surface area contributed by atoms with Gasteiger partial charge in [-0.15, -0.1) is 0 Å². The maximum atomic E-state index is 12.7. The van der Waals surface area contributed by atoms with E-state index >= 15 is 0 Å². The van der Waals surface area contributed by atoms with Crippen LogP contribution in [0.1, 0.15) is 49.0 Å². The maximum absolute atomic E-state index is 12.7. The summed E-state index contributed by atoms with van der Waals surface area (Å²) < 4.78 is 0. The molecule has 0 aliphatic carbocycles. The molecule has 6 nitrogen and oxygen atoms in total. The Morgan fingerprint density at radius 1 is 1.21 bits per heavy atom. The Morgan fingerprint density at radius 3 is 2.42 bits per heavy atom. The summed E-state index contributed by atoms with van der Waals surface area (Å²) in [5.41, 5.74) is 0.564. The number of anilines is 1. The SMILES string of the molecule is Cc1cccc(NC(=O)CC(C)(C)C(=O)O)c1C(=O)N1CCCC1. The predicted octanol–water partition coefficient (Wildman–Crippen LogP) is 2.67. The van der Waals surface area contributed by atoms with Crippen LogP contribution in [0.15, 0.2) is 18.2 Å². The highest BCUT2D eigenvalue weighted by Crippen LogP contribution is 2.26. The zero-order chi connectivity index (χ0) is 17.9. The topological polar surface area (TPSA) is 86.7 Å². The van der Waals surface area contributed by atoms with Crippen molar-refractivity contribution in [2.45, 2.75) is 40.0 Å². The van der Waals surface area contributed by atoms with Gasteiger partial charge in [0.1, 0.15) is 0 Å². The average molecular weight is 332 g/mol. The molecule has 1 aliphatic rings. The number of nitrogens with one attached hydrogen (secondary N) is 1. The summed E-state index contributed by atoms with van der Waals surface area (Å²) in [7, 11) is 0. The number of carboxylic acids is 1. The van der Waals surface area contributed by atoms with Gasteiger partial charge < -0.3 is 15.3 Å². The van der Waals surface area contributed by atoms with Crippen molar-refractivity contribution in [3.63, 3.8) is 0 Å². The van der Waals surface area contributed by atoms with E-state index < -0.39 is 17.3 Å². The van der Waals surface area contributed by atoms with Crippen molar-refractivity contribution in [3.8, 4) is 0 Å². The summed E-state index contributed by atoms with van der Waals surface area (Å²) >= 11 is 0. The fourth-order valence-electron chi connectivity index (χ4n) is 2.81. The zero-order valence-electron chi connectivity index (χ0n) is 14.4. The van der Waals surface area contributed by atoms with Gasteiger partial charge in [0.15, 0.2) is 0 Å². The first kappa shape index (κ1) is 18.0. The van der Waals surface area contributed by atoms with E-state index in [0.717, 1.165) is 31.5 Å². The van der Waals surface area contributed by atoms with Crippen molar-refractivity contribution in [1.29, 1.82) is 0 Å². The predicted molar refractivity (Wildman–Crippen MR) is 91.0 cm³/mol. The maximum Gasteiger partial charge on any atom is 0.309 e. The lowest BCUT2D eigenvalue weighted by Crippen LogP contribution is -2.31. The van der Waals surface area contributed by atoms with E-state index in [9.17, 15) is 14.4 Å². The molecular formula is C18H24N2O4. The number of rotatable bonds is 5. The number of carbonyl (C=O) groups excluding carboxylic acids is 2. The van der Waals surface area contributed by atoms with E-state index in [1.807, 2.05) is 13.0 Å². The molecule has 1 saturated heterocycles. The zero-order valence-corrected chi connectivity index (χ0v) is 14.4. The number of hydrogen-bond donors (Lipinski definition) is 2. The Labute approximate surface area is 141 Å². The molecule has 1 aromatic carbocycles. The molecule has 0 radical (unpaired) electrons. The minimum absolute atomic E-state index is 0.0848. The minimum Gasteiger partial charge on any atom is -0.481 e. The van der Waals surface area contributed by atoms with E-state index in [4.69, 9.17) is 5.11 Å². The number of carbonyl (C=O) groups is 3. The number of nitrogens with zero attached hydrogens (tertiary/aromatic N) is 1. The Kier molecular flexibility index (Phi) is 5.26. The van der Waals surface area contributed by atoms with Gasteiger partial charge >= 0.3 is 5.97 Å². The first-order chi connectivity index (χ1) is 11.2. The second-order valence-corrected chi connectivity index (χ2v) is 6.91. The van der Waals surface area contributed by atoms with Crippen LogP contribution in [0.2, 0.25) is 0 Å². The van der Waals surface area contributed by atoms with Crippen molar-refractivity contribution < 1.29 is 19.5 Å². The molecule has 0 unspecified atom stereocenters. The van der Waals surface area contributed by atoms with Crippen molar-refractivity contribution in [2.75, 3.05) is 18.4 Å². The van der Waals surface area contributed by atoms with E-state index in [-0.39, 0.29) is 12.3 Å². The summed E-state index contributed by atoms with van der Waals surface area (Å²) in [5.74, 6) is -1.53. The number of hydrogen-bond acceptors (Lipinski definition) is 3. The first-order valence-electron chi connectivity index (χ1n) is 8.14. The molecule has 1 fully saturated rings. The molecule has 1 aromatic rings. The average Bonchev–Trinajstić information content (AvgIpc) is 3.00. The summed E-state index contributed by atoms with van der Waals surface area (Å²) in [6, 6.07) is 5.29. The van der Waals surface area contributed by atoms with Crippen molar-refractivity contribution in [1.82, 2.24) is 4.90 Å². The Hall–Kier alpha value is -2.37. The molecule has 6 heteroatoms. The molecular weight excluding hydrogens is 308 g/mol. The monoisotopic (exact) mass is 332 g/mol. The normalized spacial score (nSPS) is 14.5. The van der Waals surface area contributed by atoms with Gasteiger partial charge in [0.2, 0.25) is 5.91 Å². The molecule has 24 heavy (non-hydrogen) atoms. The highest BCUT2D eigenvalue weighted by atomic mass is 16.4. The number of carboxylic acid groups (broad SMARTS) is 1. The molecule has 130 valence electrons. The summed E-state index contributed by atoms with van der Waals surface area (Å²) in [5, 5.41) is 11.9. The highest BCUT2D eigenvalue weighted by Gasteiger charge is 2.31. The van der Waals surface area contributed by atoms with Gasteiger partial charge in [-0.2, -0.15) is 0 Å². The second kappa shape index (κ2) is 7.03. The smallest absolute Gasteiger partial charge is 0.309 e. The van der Waals surface area contributed by atoms with Crippen molar-refractivity contribution >= 4 is 23.5 Å². The van der Waals surface area contributed by atoms with Crippen LogP contribution in [0.25, 0.3) is 0 Å². The number of aliphatic carboxylic acids is 1. The van der Waals surface area contributed by atoms with Gasteiger partial charge in [-0.1, -0.05) is 12.1 Å². The third-order valence-electron chi connectivity index (χ3n) is 4.34. The van der Waals surface area contributed by atoms with Crippen LogP contribution in [-0.2, 0) is 9.59 Å². The van der Waals surface area contributed by atoms with Gasteiger partial charge in [-0.3, -0.25) is 14.4 Å². The summed E-state index contributed by atoms with van der Waals surface area (Å²) in [6.45, 7) is 6.29. The molecule has 0 saturated carbocycles. The molecule has 2 amide bonds. The molecule has 0 bridgehead atoms. The Morgan fingerprint density at radius 2 is 1.83 bits per heavy atom. The first-order valence-corrected chi connectivity index (χ1v) is 8.14. The molecule has 0 aromatic heterocycles. The Bertz CT molecular complexity index is 661. The Balaban J connectivity index is 2.21. The fourth-order valence-corrected chi connectivity index (χ4v) is 2.81. The largest absolute Gasteiger partial charge is 0.481 e. The van der Waals surface area contributed by atoms with E-state index in [1.165, 1.54) is 13.8 Å². The number of benzene rings is 1. The van der Waals surface area contributed by atoms with Crippen LogP contribution in [0.5, 0.6) is 0 Å². The third-order valence-corrected chi connectivity index (χ3v) is 4.34. The standard InChI is InChI=1S/C18H24N2O4/c1-12-7-6-8-13(15(12)16(22)20-9-4-5-10-20)19-14(21)11-18(2,3)17(23)24/h6-8H,4-5,9-11H2,1-3H3,(H,19,21)(H,23,24). The van der Waals surface area contributed by atoms with Crippen LogP contribution in [-0.4, -0.2) is 40.9 Å². The lowest BCUT2D eigenvalue weighted by molar-refractivity contribution is -0.148. The molecule has 2 N–H and O–H groups in total. The molecule has 1 aliphatic heterocycles. The highest BCUT2D eigenvalue weighted by molar-refractivity contribution is 6.05. The quantitative estimate of drug-likeness (QED) is 0.868. The molecule has 1 heterocycles. The number of amides is 2. The fraction of sp³-hybridized carbons (Fsp3) is 0.500. The molecule has 0 spiro atoms. The van der Waals surface area contributed by atoms with Crippen molar-refractivity contribution in [3.05, 3.63) is 29.3 Å². The van der Waals surface area contributed by atoms with Gasteiger partial charge in [-0.25, -0.2) is 0 Å². The molecule has 2 rings (SSSR count). The van der Waals surface area contributed by atoms with E-state index in [1.54, 1.807) is 17.0 Å². The van der Waals surface area contributed by atoms with Gasteiger partial charge in [0, 0.05) is 19.5 Å². The van der Waals surface area contributed by atoms with Crippen LogP contribution < -0.4 is 5.32 Å². The van der Waals surface area contributed by atoms with Crippen LogP contribution in [0.4, 0.5) is 5.69 Å². The molecule has 0 atom stereocenters. The lowest BCUT2D eigenvalue weighted by atomic mass is 9.89. The van der Waals surface area contributed by atoms with Crippen LogP contribution >= 0.6 is 0 Å². The van der Waals surface area contributed by atoms with Crippen LogP contribution in [0, 0.1) is 12.3 Å². The second-order valence-electron chi connectivity index (χ2n) is 6.91. The third kappa shape index (κ3) is 3.93. The van der Waals surface area contributed by atoms with E-state index in [0.29, 0.717) is 11.3 Å².